The van der Waals surface area contributed by atoms with E-state index < -0.39 is 0 Å². The molecular formula is C15H24O2. The van der Waals surface area contributed by atoms with E-state index in [1.165, 1.54) is 5.57 Å². The first-order valence-electron chi connectivity index (χ1n) is 6.49. The van der Waals surface area contributed by atoms with Crippen molar-refractivity contribution in [1.29, 1.82) is 0 Å². The van der Waals surface area contributed by atoms with Crippen LogP contribution in [0.3, 0.4) is 0 Å². The zero-order valence-electron chi connectivity index (χ0n) is 11.2. The summed E-state index contributed by atoms with van der Waals surface area (Å²) >= 11 is 0. The van der Waals surface area contributed by atoms with Crippen LogP contribution in [0.15, 0.2) is 23.8 Å². The van der Waals surface area contributed by atoms with Gasteiger partial charge in [0.05, 0.1) is 12.2 Å². The fraction of sp³-hybridized carbons (Fsp3) is 0.733. The first-order valence-corrected chi connectivity index (χ1v) is 6.49. The minimum absolute atomic E-state index is 0.0988. The summed E-state index contributed by atoms with van der Waals surface area (Å²) in [5.41, 5.74) is 1.94. The Balaban J connectivity index is 2.43. The van der Waals surface area contributed by atoms with Crippen LogP contribution in [0.25, 0.3) is 0 Å². The monoisotopic (exact) mass is 236 g/mol. The lowest BCUT2D eigenvalue weighted by molar-refractivity contribution is -0.0829. The second kappa shape index (κ2) is 3.96. The van der Waals surface area contributed by atoms with Crippen molar-refractivity contribution in [1.82, 2.24) is 0 Å². The number of allylic oxidation sites excluding steroid dienone is 1. The van der Waals surface area contributed by atoms with Gasteiger partial charge in [0.15, 0.2) is 0 Å². The van der Waals surface area contributed by atoms with Crippen LogP contribution in [0.1, 0.15) is 46.5 Å². The number of hydrogen-bond acceptors (Lipinski definition) is 2. The molecule has 2 N–H and O–H groups in total. The molecule has 0 aliphatic heterocycles. The highest BCUT2D eigenvalue weighted by molar-refractivity contribution is 5.28. The van der Waals surface area contributed by atoms with Crippen molar-refractivity contribution in [3.05, 3.63) is 23.8 Å². The highest BCUT2D eigenvalue weighted by Gasteiger charge is 2.55. The standard InChI is InChI=1S/C15H24O2/c1-10-5-6-15(13(17)7-10)11(2)8-12(16)9-14(15,3)4/h5,12-13,16-17H,2,6-9H2,1,3-4H3/t12-,13-,15-/m0/s1. The fourth-order valence-electron chi connectivity index (χ4n) is 3.93. The molecule has 0 saturated heterocycles. The van der Waals surface area contributed by atoms with Crippen molar-refractivity contribution in [3.63, 3.8) is 0 Å². The van der Waals surface area contributed by atoms with E-state index in [-0.39, 0.29) is 23.0 Å². The third kappa shape index (κ3) is 1.78. The average Bonchev–Trinajstić information content (AvgIpc) is 2.13. The van der Waals surface area contributed by atoms with E-state index in [1.54, 1.807) is 0 Å². The molecule has 0 unspecified atom stereocenters. The topological polar surface area (TPSA) is 40.5 Å². The molecule has 0 radical (unpaired) electrons. The maximum atomic E-state index is 10.6. The molecule has 1 spiro atoms. The average molecular weight is 236 g/mol. The third-order valence-corrected chi connectivity index (χ3v) is 4.92. The number of rotatable bonds is 0. The van der Waals surface area contributed by atoms with Gasteiger partial charge in [-0.1, -0.05) is 37.6 Å². The molecule has 2 aliphatic rings. The van der Waals surface area contributed by atoms with E-state index in [4.69, 9.17) is 0 Å². The summed E-state index contributed by atoms with van der Waals surface area (Å²) in [7, 11) is 0. The van der Waals surface area contributed by atoms with E-state index in [9.17, 15) is 10.2 Å². The Morgan fingerprint density at radius 3 is 2.47 bits per heavy atom. The molecule has 0 aromatic heterocycles. The Morgan fingerprint density at radius 2 is 1.94 bits per heavy atom. The number of hydrogen-bond donors (Lipinski definition) is 2. The van der Waals surface area contributed by atoms with E-state index in [0.717, 1.165) is 24.8 Å². The van der Waals surface area contributed by atoms with Crippen LogP contribution in [0.5, 0.6) is 0 Å². The lowest BCUT2D eigenvalue weighted by Gasteiger charge is -2.56. The smallest absolute Gasteiger partial charge is 0.0678 e. The normalized spacial score (nSPS) is 41.5. The molecule has 0 heterocycles. The molecule has 0 aromatic carbocycles. The van der Waals surface area contributed by atoms with Gasteiger partial charge >= 0.3 is 0 Å². The van der Waals surface area contributed by atoms with Crippen molar-refractivity contribution in [2.24, 2.45) is 10.8 Å². The lowest BCUT2D eigenvalue weighted by atomic mass is 9.49. The highest BCUT2D eigenvalue weighted by Crippen LogP contribution is 2.59. The van der Waals surface area contributed by atoms with Crippen molar-refractivity contribution in [2.45, 2.75) is 58.7 Å². The summed E-state index contributed by atoms with van der Waals surface area (Å²) in [6.45, 7) is 10.5. The van der Waals surface area contributed by atoms with Gasteiger partial charge in [-0.2, -0.15) is 0 Å². The fourth-order valence-corrected chi connectivity index (χ4v) is 3.93. The molecule has 96 valence electrons. The molecule has 0 amide bonds. The first kappa shape index (κ1) is 12.8. The summed E-state index contributed by atoms with van der Waals surface area (Å²) in [6.07, 6.45) is 4.54. The zero-order valence-corrected chi connectivity index (χ0v) is 11.2. The molecule has 2 rings (SSSR count). The van der Waals surface area contributed by atoms with Crippen LogP contribution in [-0.2, 0) is 0 Å². The van der Waals surface area contributed by atoms with Crippen LogP contribution in [-0.4, -0.2) is 22.4 Å². The molecule has 17 heavy (non-hydrogen) atoms. The van der Waals surface area contributed by atoms with Crippen LogP contribution in [0.2, 0.25) is 0 Å². The van der Waals surface area contributed by atoms with Gasteiger partial charge in [0.25, 0.3) is 0 Å². The van der Waals surface area contributed by atoms with E-state index in [0.29, 0.717) is 6.42 Å². The van der Waals surface area contributed by atoms with Crippen LogP contribution < -0.4 is 0 Å². The maximum Gasteiger partial charge on any atom is 0.0678 e. The van der Waals surface area contributed by atoms with Gasteiger partial charge in [0.1, 0.15) is 0 Å². The SMILES string of the molecule is C=C1C[C@H](O)CC(C)(C)[C@@]12CC=C(C)C[C@@H]2O. The van der Waals surface area contributed by atoms with Crippen LogP contribution in [0.4, 0.5) is 0 Å². The van der Waals surface area contributed by atoms with E-state index >= 15 is 0 Å². The van der Waals surface area contributed by atoms with Gasteiger partial charge in [0.2, 0.25) is 0 Å². The Morgan fingerprint density at radius 1 is 1.29 bits per heavy atom. The van der Waals surface area contributed by atoms with Crippen LogP contribution >= 0.6 is 0 Å². The van der Waals surface area contributed by atoms with Gasteiger partial charge in [0, 0.05) is 5.41 Å². The predicted octanol–water partition coefficient (Wildman–Crippen LogP) is 2.81. The Labute approximate surface area is 104 Å². The van der Waals surface area contributed by atoms with Crippen molar-refractivity contribution in [3.8, 4) is 0 Å². The molecule has 3 atom stereocenters. The minimum Gasteiger partial charge on any atom is -0.393 e. The molecule has 2 nitrogen and oxygen atoms in total. The first-order chi connectivity index (χ1) is 7.79. The summed E-state index contributed by atoms with van der Waals surface area (Å²) in [5, 5.41) is 20.5. The van der Waals surface area contributed by atoms with Gasteiger partial charge < -0.3 is 10.2 Å². The summed E-state index contributed by atoms with van der Waals surface area (Å²) in [4.78, 5) is 0. The van der Waals surface area contributed by atoms with Crippen molar-refractivity contribution < 1.29 is 10.2 Å². The lowest BCUT2D eigenvalue weighted by Crippen LogP contribution is -2.54. The minimum atomic E-state index is -0.359. The maximum absolute atomic E-state index is 10.6. The van der Waals surface area contributed by atoms with E-state index in [2.05, 4.69) is 33.4 Å². The van der Waals surface area contributed by atoms with Gasteiger partial charge in [-0.15, -0.1) is 0 Å². The summed E-state index contributed by atoms with van der Waals surface area (Å²) in [5.74, 6) is 0. The summed E-state index contributed by atoms with van der Waals surface area (Å²) < 4.78 is 0. The third-order valence-electron chi connectivity index (χ3n) is 4.92. The zero-order chi connectivity index (χ0) is 12.8. The van der Waals surface area contributed by atoms with Gasteiger partial charge in [-0.3, -0.25) is 0 Å². The van der Waals surface area contributed by atoms with Gasteiger partial charge in [-0.05, 0) is 38.0 Å². The van der Waals surface area contributed by atoms with Crippen molar-refractivity contribution in [2.75, 3.05) is 0 Å². The predicted molar refractivity (Wildman–Crippen MR) is 69.6 cm³/mol. The second-order valence-corrected chi connectivity index (χ2v) is 6.50. The Bertz CT molecular complexity index is 367. The molecule has 0 aromatic rings. The number of aliphatic hydroxyl groups excluding tert-OH is 2. The molecule has 0 bridgehead atoms. The van der Waals surface area contributed by atoms with Crippen molar-refractivity contribution >= 4 is 0 Å². The largest absolute Gasteiger partial charge is 0.393 e. The molecule has 2 heteroatoms. The molecule has 2 aliphatic carbocycles. The Hall–Kier alpha value is -0.600. The number of aliphatic hydroxyl groups is 2. The molecular weight excluding hydrogens is 212 g/mol. The second-order valence-electron chi connectivity index (χ2n) is 6.50. The van der Waals surface area contributed by atoms with Gasteiger partial charge in [-0.25, -0.2) is 0 Å². The molecule has 1 saturated carbocycles. The van der Waals surface area contributed by atoms with E-state index in [1.807, 2.05) is 0 Å². The molecule has 1 fully saturated rings. The Kier molecular flexibility index (Phi) is 2.99. The van der Waals surface area contributed by atoms with Crippen LogP contribution in [0, 0.1) is 10.8 Å². The highest BCUT2D eigenvalue weighted by atomic mass is 16.3. The summed E-state index contributed by atoms with van der Waals surface area (Å²) in [6, 6.07) is 0. The quantitative estimate of drug-likeness (QED) is 0.635.